The van der Waals surface area contributed by atoms with Crippen LogP contribution in [0.25, 0.3) is 6.08 Å². The van der Waals surface area contributed by atoms with Crippen LogP contribution >= 0.6 is 15.9 Å². The van der Waals surface area contributed by atoms with Gasteiger partial charge in [-0.05, 0) is 17.7 Å². The molecule has 1 heterocycles. The summed E-state index contributed by atoms with van der Waals surface area (Å²) in [6.07, 6.45) is 3.20. The van der Waals surface area contributed by atoms with E-state index in [1.54, 1.807) is 0 Å². The summed E-state index contributed by atoms with van der Waals surface area (Å²) in [7, 11) is 0. The minimum absolute atomic E-state index is 0.312. The van der Waals surface area contributed by atoms with Crippen LogP contribution in [0.5, 0.6) is 0 Å². The van der Waals surface area contributed by atoms with Gasteiger partial charge in [0.1, 0.15) is 5.78 Å². The third kappa shape index (κ3) is 2.69. The molecule has 1 saturated heterocycles. The number of piperidine rings is 1. The van der Waals surface area contributed by atoms with Gasteiger partial charge in [0, 0.05) is 29.6 Å². The first-order valence-corrected chi connectivity index (χ1v) is 5.76. The lowest BCUT2D eigenvalue weighted by molar-refractivity contribution is -0.119. The molecule has 1 fully saturated rings. The Morgan fingerprint density at radius 2 is 2.13 bits per heavy atom. The second kappa shape index (κ2) is 4.62. The van der Waals surface area contributed by atoms with E-state index in [9.17, 15) is 4.79 Å². The highest BCUT2D eigenvalue weighted by atomic mass is 79.9. The normalized spacial score (nSPS) is 19.0. The highest BCUT2D eigenvalue weighted by Crippen LogP contribution is 2.20. The molecule has 1 N–H and O–H groups in total. The van der Waals surface area contributed by atoms with Crippen LogP contribution in [0.4, 0.5) is 0 Å². The second-order valence-electron chi connectivity index (χ2n) is 3.58. The van der Waals surface area contributed by atoms with E-state index >= 15 is 0 Å². The minimum atomic E-state index is 0.312. The van der Waals surface area contributed by atoms with E-state index in [1.165, 1.54) is 0 Å². The maximum absolute atomic E-state index is 11.3. The van der Waals surface area contributed by atoms with Gasteiger partial charge in [0.15, 0.2) is 0 Å². The highest BCUT2D eigenvalue weighted by Gasteiger charge is 2.12. The SMILES string of the molecule is O=C1CCNC(=Cc2ccccc2Br)C1. The van der Waals surface area contributed by atoms with Gasteiger partial charge >= 0.3 is 0 Å². The van der Waals surface area contributed by atoms with Gasteiger partial charge in [0.05, 0.1) is 0 Å². The molecule has 1 aliphatic heterocycles. The number of hydrogen-bond acceptors (Lipinski definition) is 2. The number of ketones is 1. The van der Waals surface area contributed by atoms with Crippen LogP contribution in [0, 0.1) is 0 Å². The maximum atomic E-state index is 11.3. The van der Waals surface area contributed by atoms with Crippen molar-refractivity contribution in [2.45, 2.75) is 12.8 Å². The van der Waals surface area contributed by atoms with E-state index in [1.807, 2.05) is 30.3 Å². The molecule has 0 spiro atoms. The number of carbonyl (C=O) groups is 1. The first-order chi connectivity index (χ1) is 7.25. The number of hydrogen-bond donors (Lipinski definition) is 1. The summed E-state index contributed by atoms with van der Waals surface area (Å²) in [4.78, 5) is 11.3. The number of halogens is 1. The van der Waals surface area contributed by atoms with Crippen molar-refractivity contribution in [3.63, 3.8) is 0 Å². The molecule has 0 radical (unpaired) electrons. The van der Waals surface area contributed by atoms with E-state index in [4.69, 9.17) is 0 Å². The van der Waals surface area contributed by atoms with E-state index in [2.05, 4.69) is 21.2 Å². The Balaban J connectivity index is 2.22. The fourth-order valence-electron chi connectivity index (χ4n) is 1.61. The number of nitrogens with one attached hydrogen (secondary N) is 1. The molecular formula is C12H12BrNO. The molecule has 0 atom stereocenters. The Morgan fingerprint density at radius 1 is 1.33 bits per heavy atom. The maximum Gasteiger partial charge on any atom is 0.140 e. The Labute approximate surface area is 97.5 Å². The average Bonchev–Trinajstić information content (AvgIpc) is 2.22. The quantitative estimate of drug-likeness (QED) is 0.846. The van der Waals surface area contributed by atoms with E-state index in [0.29, 0.717) is 18.6 Å². The molecule has 0 saturated carbocycles. The fraction of sp³-hybridized carbons (Fsp3) is 0.250. The summed E-state index contributed by atoms with van der Waals surface area (Å²) in [5, 5.41) is 3.24. The number of rotatable bonds is 1. The summed E-state index contributed by atoms with van der Waals surface area (Å²) < 4.78 is 1.05. The lowest BCUT2D eigenvalue weighted by atomic mass is 10.1. The van der Waals surface area contributed by atoms with Crippen LogP contribution in [0.1, 0.15) is 18.4 Å². The molecule has 0 amide bonds. The van der Waals surface area contributed by atoms with E-state index in [-0.39, 0.29) is 0 Å². The fourth-order valence-corrected chi connectivity index (χ4v) is 2.01. The van der Waals surface area contributed by atoms with Gasteiger partial charge in [-0.2, -0.15) is 0 Å². The molecule has 1 aromatic rings. The standard InChI is InChI=1S/C12H12BrNO/c13-12-4-2-1-3-9(12)7-10-8-11(15)5-6-14-10/h1-4,7,14H,5-6,8H2. The largest absolute Gasteiger partial charge is 0.388 e. The Kier molecular flexibility index (Phi) is 3.21. The van der Waals surface area contributed by atoms with Crippen molar-refractivity contribution in [1.82, 2.24) is 5.32 Å². The van der Waals surface area contributed by atoms with Crippen LogP contribution in [0.2, 0.25) is 0 Å². The van der Waals surface area contributed by atoms with Crippen molar-refractivity contribution in [3.05, 3.63) is 40.0 Å². The van der Waals surface area contributed by atoms with E-state index in [0.717, 1.165) is 22.3 Å². The molecule has 1 aromatic carbocycles. The Hall–Kier alpha value is -1.09. The zero-order valence-corrected chi connectivity index (χ0v) is 9.88. The summed E-state index contributed by atoms with van der Waals surface area (Å²) in [5.41, 5.74) is 2.12. The Bertz CT molecular complexity index is 412. The first kappa shape index (κ1) is 10.4. The lowest BCUT2D eigenvalue weighted by Crippen LogP contribution is -2.25. The summed E-state index contributed by atoms with van der Waals surface area (Å²) in [6, 6.07) is 7.99. The minimum Gasteiger partial charge on any atom is -0.388 e. The molecule has 0 unspecified atom stereocenters. The van der Waals surface area contributed by atoms with Gasteiger partial charge in [-0.25, -0.2) is 0 Å². The van der Waals surface area contributed by atoms with Gasteiger partial charge in [-0.1, -0.05) is 34.1 Å². The number of Topliss-reactive ketones (excluding diaryl/α,β-unsaturated/α-hetero) is 1. The zero-order valence-electron chi connectivity index (χ0n) is 8.29. The molecular weight excluding hydrogens is 254 g/mol. The molecule has 1 aliphatic rings. The predicted octanol–water partition coefficient (Wildman–Crippen LogP) is 2.74. The van der Waals surface area contributed by atoms with Crippen LogP contribution < -0.4 is 5.32 Å². The van der Waals surface area contributed by atoms with Crippen molar-refractivity contribution >= 4 is 27.8 Å². The topological polar surface area (TPSA) is 29.1 Å². The van der Waals surface area contributed by atoms with Crippen LogP contribution in [-0.2, 0) is 4.79 Å². The number of benzene rings is 1. The molecule has 3 heteroatoms. The van der Waals surface area contributed by atoms with Gasteiger partial charge < -0.3 is 5.32 Å². The molecule has 2 nitrogen and oxygen atoms in total. The highest BCUT2D eigenvalue weighted by molar-refractivity contribution is 9.10. The average molecular weight is 266 g/mol. The van der Waals surface area contributed by atoms with Crippen molar-refractivity contribution < 1.29 is 4.79 Å². The molecule has 15 heavy (non-hydrogen) atoms. The van der Waals surface area contributed by atoms with Gasteiger partial charge in [0.2, 0.25) is 0 Å². The van der Waals surface area contributed by atoms with Gasteiger partial charge in [-0.3, -0.25) is 4.79 Å². The van der Waals surface area contributed by atoms with Crippen LogP contribution in [0.3, 0.4) is 0 Å². The van der Waals surface area contributed by atoms with Crippen LogP contribution in [0.15, 0.2) is 34.4 Å². The van der Waals surface area contributed by atoms with Crippen molar-refractivity contribution in [3.8, 4) is 0 Å². The molecule has 0 bridgehead atoms. The van der Waals surface area contributed by atoms with Gasteiger partial charge in [-0.15, -0.1) is 0 Å². The number of carbonyl (C=O) groups excluding carboxylic acids is 1. The molecule has 2 rings (SSSR count). The van der Waals surface area contributed by atoms with E-state index < -0.39 is 0 Å². The summed E-state index contributed by atoms with van der Waals surface area (Å²) in [6.45, 7) is 0.759. The first-order valence-electron chi connectivity index (χ1n) is 4.96. The second-order valence-corrected chi connectivity index (χ2v) is 4.44. The Morgan fingerprint density at radius 3 is 2.87 bits per heavy atom. The smallest absolute Gasteiger partial charge is 0.140 e. The summed E-state index contributed by atoms with van der Waals surface area (Å²) in [5.74, 6) is 0.312. The lowest BCUT2D eigenvalue weighted by Gasteiger charge is -2.16. The third-order valence-electron chi connectivity index (χ3n) is 2.38. The monoisotopic (exact) mass is 265 g/mol. The predicted molar refractivity (Wildman–Crippen MR) is 64.4 cm³/mol. The van der Waals surface area contributed by atoms with Gasteiger partial charge in [0.25, 0.3) is 0 Å². The van der Waals surface area contributed by atoms with Crippen molar-refractivity contribution in [2.75, 3.05) is 6.54 Å². The number of allylic oxidation sites excluding steroid dienone is 1. The van der Waals surface area contributed by atoms with Crippen molar-refractivity contribution in [2.24, 2.45) is 0 Å². The summed E-state index contributed by atoms with van der Waals surface area (Å²) >= 11 is 3.48. The zero-order chi connectivity index (χ0) is 10.7. The van der Waals surface area contributed by atoms with Crippen LogP contribution in [-0.4, -0.2) is 12.3 Å². The molecule has 78 valence electrons. The third-order valence-corrected chi connectivity index (χ3v) is 3.10. The van der Waals surface area contributed by atoms with Crippen molar-refractivity contribution in [1.29, 1.82) is 0 Å². The molecule has 0 aromatic heterocycles. The molecule has 0 aliphatic carbocycles.